The lowest BCUT2D eigenvalue weighted by atomic mass is 10.2. The van der Waals surface area contributed by atoms with Crippen LogP contribution >= 0.6 is 23.2 Å². The molecule has 16 heavy (non-hydrogen) atoms. The maximum absolute atomic E-state index is 11.7. The standard InChI is InChI=1S/C12H11Cl2NO/c1-2-3-4-8-15-12(16)11-9(13)6-5-7-10(11)14/h1,5-7H,3-4,8H2,(H,15,16). The number of halogens is 2. The van der Waals surface area contributed by atoms with Gasteiger partial charge < -0.3 is 5.32 Å². The topological polar surface area (TPSA) is 29.1 Å². The minimum absolute atomic E-state index is 0.271. The highest BCUT2D eigenvalue weighted by molar-refractivity contribution is 6.39. The second-order valence-corrected chi connectivity index (χ2v) is 3.97. The molecule has 0 aliphatic carbocycles. The van der Waals surface area contributed by atoms with Crippen LogP contribution in [0.5, 0.6) is 0 Å². The summed E-state index contributed by atoms with van der Waals surface area (Å²) in [6.07, 6.45) is 6.48. The third-order valence-electron chi connectivity index (χ3n) is 1.97. The highest BCUT2D eigenvalue weighted by Crippen LogP contribution is 2.23. The highest BCUT2D eigenvalue weighted by Gasteiger charge is 2.13. The zero-order chi connectivity index (χ0) is 12.0. The summed E-state index contributed by atoms with van der Waals surface area (Å²) in [6.45, 7) is 0.518. The first-order valence-electron chi connectivity index (χ1n) is 4.82. The van der Waals surface area contributed by atoms with Crippen LogP contribution < -0.4 is 5.32 Å². The van der Waals surface area contributed by atoms with E-state index in [-0.39, 0.29) is 5.91 Å². The molecule has 0 bridgehead atoms. The summed E-state index contributed by atoms with van der Waals surface area (Å²) in [5.41, 5.74) is 0.312. The maximum atomic E-state index is 11.7. The normalized spacial score (nSPS) is 9.56. The van der Waals surface area contributed by atoms with Crippen molar-refractivity contribution in [1.29, 1.82) is 0 Å². The van der Waals surface area contributed by atoms with Crippen LogP contribution in [0.3, 0.4) is 0 Å². The van der Waals surface area contributed by atoms with Gasteiger partial charge in [-0.2, -0.15) is 0 Å². The Balaban J connectivity index is 2.63. The second-order valence-electron chi connectivity index (χ2n) is 3.16. The van der Waals surface area contributed by atoms with Crippen molar-refractivity contribution in [3.05, 3.63) is 33.8 Å². The van der Waals surface area contributed by atoms with E-state index in [0.29, 0.717) is 28.6 Å². The molecule has 84 valence electrons. The lowest BCUT2D eigenvalue weighted by molar-refractivity contribution is 0.0953. The van der Waals surface area contributed by atoms with Crippen LogP contribution in [0.15, 0.2) is 18.2 Å². The fraction of sp³-hybridized carbons (Fsp3) is 0.250. The molecule has 0 atom stereocenters. The van der Waals surface area contributed by atoms with Gasteiger partial charge >= 0.3 is 0 Å². The summed E-state index contributed by atoms with van der Waals surface area (Å²) in [6, 6.07) is 4.95. The first-order chi connectivity index (χ1) is 7.66. The summed E-state index contributed by atoms with van der Waals surface area (Å²) in [7, 11) is 0. The Morgan fingerprint density at radius 1 is 1.38 bits per heavy atom. The summed E-state index contributed by atoms with van der Waals surface area (Å²) in [4.78, 5) is 11.7. The van der Waals surface area contributed by atoms with Crippen molar-refractivity contribution in [2.75, 3.05) is 6.54 Å². The minimum Gasteiger partial charge on any atom is -0.352 e. The van der Waals surface area contributed by atoms with Crippen molar-refractivity contribution in [3.63, 3.8) is 0 Å². The van der Waals surface area contributed by atoms with Crippen molar-refractivity contribution < 1.29 is 4.79 Å². The van der Waals surface area contributed by atoms with Gasteiger partial charge in [-0.05, 0) is 18.6 Å². The van der Waals surface area contributed by atoms with Gasteiger partial charge in [0.15, 0.2) is 0 Å². The van der Waals surface area contributed by atoms with E-state index in [9.17, 15) is 4.79 Å². The van der Waals surface area contributed by atoms with Crippen LogP contribution in [0.4, 0.5) is 0 Å². The number of terminal acetylenes is 1. The van der Waals surface area contributed by atoms with Gasteiger partial charge in [-0.1, -0.05) is 29.3 Å². The largest absolute Gasteiger partial charge is 0.352 e. The minimum atomic E-state index is -0.271. The van der Waals surface area contributed by atoms with Gasteiger partial charge in [-0.3, -0.25) is 4.79 Å². The lowest BCUT2D eigenvalue weighted by Gasteiger charge is -2.07. The van der Waals surface area contributed by atoms with Gasteiger partial charge in [-0.15, -0.1) is 12.3 Å². The van der Waals surface area contributed by atoms with Crippen LogP contribution in [0, 0.1) is 12.3 Å². The molecule has 0 saturated heterocycles. The summed E-state index contributed by atoms with van der Waals surface area (Å²) < 4.78 is 0. The van der Waals surface area contributed by atoms with E-state index in [0.717, 1.165) is 6.42 Å². The molecular weight excluding hydrogens is 245 g/mol. The second kappa shape index (κ2) is 6.42. The Hall–Kier alpha value is -1.17. The molecule has 4 heteroatoms. The Bertz CT molecular complexity index is 403. The van der Waals surface area contributed by atoms with Crippen LogP contribution in [-0.2, 0) is 0 Å². The van der Waals surface area contributed by atoms with Crippen molar-refractivity contribution in [1.82, 2.24) is 5.32 Å². The Kier molecular flexibility index (Phi) is 5.18. The van der Waals surface area contributed by atoms with Crippen LogP contribution in [0.1, 0.15) is 23.2 Å². The number of unbranched alkanes of at least 4 members (excludes halogenated alkanes) is 1. The number of carbonyl (C=O) groups is 1. The van der Waals surface area contributed by atoms with E-state index in [4.69, 9.17) is 29.6 Å². The molecule has 0 aromatic heterocycles. The quantitative estimate of drug-likeness (QED) is 0.650. The van der Waals surface area contributed by atoms with E-state index >= 15 is 0 Å². The van der Waals surface area contributed by atoms with Gasteiger partial charge in [0.05, 0.1) is 15.6 Å². The molecule has 0 radical (unpaired) electrons. The van der Waals surface area contributed by atoms with Gasteiger partial charge in [0.2, 0.25) is 0 Å². The smallest absolute Gasteiger partial charge is 0.254 e. The van der Waals surface area contributed by atoms with E-state index in [2.05, 4.69) is 11.2 Å². The molecule has 0 spiro atoms. The molecule has 0 saturated carbocycles. The number of hydrogen-bond acceptors (Lipinski definition) is 1. The number of hydrogen-bond donors (Lipinski definition) is 1. The number of benzene rings is 1. The summed E-state index contributed by atoms with van der Waals surface area (Å²) >= 11 is 11.8. The molecule has 1 amide bonds. The molecule has 1 aromatic rings. The Labute approximate surface area is 105 Å². The van der Waals surface area contributed by atoms with Gasteiger partial charge in [0, 0.05) is 13.0 Å². The van der Waals surface area contributed by atoms with Crippen molar-refractivity contribution in [2.24, 2.45) is 0 Å². The lowest BCUT2D eigenvalue weighted by Crippen LogP contribution is -2.25. The average molecular weight is 256 g/mol. The van der Waals surface area contributed by atoms with Crippen LogP contribution in [-0.4, -0.2) is 12.5 Å². The maximum Gasteiger partial charge on any atom is 0.254 e. The Morgan fingerprint density at radius 2 is 2.00 bits per heavy atom. The van der Waals surface area contributed by atoms with Gasteiger partial charge in [-0.25, -0.2) is 0 Å². The molecular formula is C12H11Cl2NO. The zero-order valence-corrected chi connectivity index (χ0v) is 10.1. The van der Waals surface area contributed by atoms with E-state index in [1.165, 1.54) is 0 Å². The zero-order valence-electron chi connectivity index (χ0n) is 8.59. The van der Waals surface area contributed by atoms with Crippen molar-refractivity contribution >= 4 is 29.1 Å². The van der Waals surface area contributed by atoms with E-state index in [1.807, 2.05) is 0 Å². The summed E-state index contributed by atoms with van der Waals surface area (Å²) in [5.74, 6) is 2.23. The third-order valence-corrected chi connectivity index (χ3v) is 2.60. The third kappa shape index (κ3) is 3.44. The fourth-order valence-electron chi connectivity index (χ4n) is 1.20. The first kappa shape index (κ1) is 12.9. The van der Waals surface area contributed by atoms with E-state index in [1.54, 1.807) is 18.2 Å². The monoisotopic (exact) mass is 255 g/mol. The fourth-order valence-corrected chi connectivity index (χ4v) is 1.76. The molecule has 0 unspecified atom stereocenters. The SMILES string of the molecule is C#CCCCNC(=O)c1c(Cl)cccc1Cl. The Morgan fingerprint density at radius 3 is 2.56 bits per heavy atom. The predicted octanol–water partition coefficient (Wildman–Crippen LogP) is 3.14. The molecule has 0 fully saturated rings. The molecule has 0 aliphatic rings. The average Bonchev–Trinajstić information content (AvgIpc) is 2.24. The van der Waals surface area contributed by atoms with Gasteiger partial charge in [0.25, 0.3) is 5.91 Å². The number of carbonyl (C=O) groups excluding carboxylic acids is 1. The van der Waals surface area contributed by atoms with E-state index < -0.39 is 0 Å². The molecule has 1 rings (SSSR count). The predicted molar refractivity (Wildman–Crippen MR) is 66.9 cm³/mol. The number of rotatable bonds is 4. The molecule has 1 aromatic carbocycles. The first-order valence-corrected chi connectivity index (χ1v) is 5.58. The van der Waals surface area contributed by atoms with Crippen LogP contribution in [0.25, 0.3) is 0 Å². The highest BCUT2D eigenvalue weighted by atomic mass is 35.5. The van der Waals surface area contributed by atoms with Crippen LogP contribution in [0.2, 0.25) is 10.0 Å². The van der Waals surface area contributed by atoms with Gasteiger partial charge in [0.1, 0.15) is 0 Å². The molecule has 0 aliphatic heterocycles. The number of amides is 1. The van der Waals surface area contributed by atoms with Crippen molar-refractivity contribution in [2.45, 2.75) is 12.8 Å². The summed E-state index contributed by atoms with van der Waals surface area (Å²) in [5, 5.41) is 3.41. The molecule has 0 heterocycles. The molecule has 2 nitrogen and oxygen atoms in total. The van der Waals surface area contributed by atoms with Crippen molar-refractivity contribution in [3.8, 4) is 12.3 Å². The number of nitrogens with one attached hydrogen (secondary N) is 1. The molecule has 1 N–H and O–H groups in total.